The summed E-state index contributed by atoms with van der Waals surface area (Å²) in [6, 6.07) is 8.61. The van der Waals surface area contributed by atoms with Crippen LogP contribution in [-0.4, -0.2) is 79.7 Å². The number of carbonyl (C=O) groups is 1. The van der Waals surface area contributed by atoms with E-state index in [0.29, 0.717) is 42.0 Å². The highest BCUT2D eigenvalue weighted by atomic mass is 35.5. The lowest BCUT2D eigenvalue weighted by Gasteiger charge is -2.34. The van der Waals surface area contributed by atoms with Crippen molar-refractivity contribution in [3.8, 4) is 11.3 Å². The van der Waals surface area contributed by atoms with Crippen LogP contribution in [0.15, 0.2) is 36.4 Å². The first-order valence-corrected chi connectivity index (χ1v) is 15.6. The number of nitrogens with zero attached hydrogens (tertiary/aromatic N) is 7. The summed E-state index contributed by atoms with van der Waals surface area (Å²) in [5, 5.41) is 8.40. The molecule has 4 aromatic rings. The third-order valence-electron chi connectivity index (χ3n) is 8.64. The van der Waals surface area contributed by atoms with Gasteiger partial charge in [-0.25, -0.2) is 19.3 Å². The van der Waals surface area contributed by atoms with Crippen molar-refractivity contribution in [1.82, 2.24) is 29.5 Å². The number of benzene rings is 1. The molecule has 2 aliphatic heterocycles. The summed E-state index contributed by atoms with van der Waals surface area (Å²) in [5.41, 5.74) is 6.72. The van der Waals surface area contributed by atoms with Gasteiger partial charge in [-0.1, -0.05) is 11.6 Å². The molecule has 3 aromatic heterocycles. The fraction of sp³-hybridized carbons (Fsp3) is 0.452. The van der Waals surface area contributed by atoms with E-state index in [9.17, 15) is 22.4 Å². The molecule has 0 radical (unpaired) electrons. The maximum atomic E-state index is 13.9. The number of halogens is 5. The number of ketones is 1. The molecule has 244 valence electrons. The number of rotatable bonds is 7. The molecule has 2 fully saturated rings. The van der Waals surface area contributed by atoms with Crippen LogP contribution in [0.1, 0.15) is 61.6 Å². The van der Waals surface area contributed by atoms with Crippen molar-refractivity contribution in [2.75, 3.05) is 42.1 Å². The Hall–Kier alpha value is -4.04. The molecule has 46 heavy (non-hydrogen) atoms. The van der Waals surface area contributed by atoms with Gasteiger partial charge in [0.25, 0.3) is 5.78 Å². The summed E-state index contributed by atoms with van der Waals surface area (Å²) in [5.74, 6) is -1.26. The smallest absolute Gasteiger partial charge is 0.383 e. The molecule has 0 spiro atoms. The Kier molecular flexibility index (Phi) is 8.77. The van der Waals surface area contributed by atoms with E-state index in [-0.39, 0.29) is 22.8 Å². The van der Waals surface area contributed by atoms with Crippen LogP contribution in [0.25, 0.3) is 16.9 Å². The van der Waals surface area contributed by atoms with E-state index < -0.39 is 29.2 Å². The number of piperidine rings is 2. The van der Waals surface area contributed by atoms with Crippen molar-refractivity contribution < 1.29 is 22.4 Å². The minimum atomic E-state index is -5.05. The number of nitrogens with one attached hydrogen (secondary N) is 1. The molecule has 1 unspecified atom stereocenters. The number of carbonyl (C=O) groups excluding carboxylic acids is 1. The Morgan fingerprint density at radius 2 is 1.80 bits per heavy atom. The molecule has 0 saturated carbocycles. The molecule has 6 rings (SSSR count). The number of anilines is 3. The minimum Gasteiger partial charge on any atom is -0.383 e. The third kappa shape index (κ3) is 6.59. The van der Waals surface area contributed by atoms with Gasteiger partial charge in [-0.3, -0.25) is 4.79 Å². The fourth-order valence-electron chi connectivity index (χ4n) is 6.16. The largest absolute Gasteiger partial charge is 0.455 e. The standard InChI is InChI=1S/C31H34ClF4N9O/c1-17(2)43-12-9-18(10-13-43)29-41-26-15-24(21-6-5-19(33)14-23(21)32)39-30(45(26)42-29)44-11-3-4-20(16-44)38-25-8-7-22(28(37)40-25)27(46)31(34,35)36/h5-8,14-15,17-18,20H,3-4,9-13,16H2,1-2H3,(H3,37,38,40). The van der Waals surface area contributed by atoms with Crippen LogP contribution in [0, 0.1) is 5.82 Å². The van der Waals surface area contributed by atoms with E-state index in [2.05, 4.69) is 33.9 Å². The Balaban J connectivity index is 1.30. The maximum absolute atomic E-state index is 13.9. The van der Waals surface area contributed by atoms with E-state index in [0.717, 1.165) is 50.7 Å². The van der Waals surface area contributed by atoms with Gasteiger partial charge in [0, 0.05) is 42.7 Å². The van der Waals surface area contributed by atoms with Gasteiger partial charge in [0.15, 0.2) is 11.5 Å². The normalized spacial score (nSPS) is 18.4. The minimum absolute atomic E-state index is 0.178. The molecule has 0 aliphatic carbocycles. The molecule has 15 heteroatoms. The highest BCUT2D eigenvalue weighted by molar-refractivity contribution is 6.33. The highest BCUT2D eigenvalue weighted by Crippen LogP contribution is 2.33. The number of fused-ring (bicyclic) bond motifs is 1. The summed E-state index contributed by atoms with van der Waals surface area (Å²) >= 11 is 6.45. The number of nitrogens with two attached hydrogens (primary N) is 1. The highest BCUT2D eigenvalue weighted by Gasteiger charge is 2.40. The number of nitrogen functional groups attached to an aromatic ring is 1. The number of likely N-dealkylation sites (tertiary alicyclic amines) is 1. The first-order chi connectivity index (χ1) is 21.9. The molecule has 10 nitrogen and oxygen atoms in total. The lowest BCUT2D eigenvalue weighted by atomic mass is 9.95. The van der Waals surface area contributed by atoms with Gasteiger partial charge >= 0.3 is 6.18 Å². The van der Waals surface area contributed by atoms with Gasteiger partial charge in [-0.15, -0.1) is 5.10 Å². The number of alkyl halides is 3. The predicted molar refractivity (Wildman–Crippen MR) is 168 cm³/mol. The van der Waals surface area contributed by atoms with Gasteiger partial charge in [-0.2, -0.15) is 17.7 Å². The molecule has 2 saturated heterocycles. The van der Waals surface area contributed by atoms with Crippen LogP contribution < -0.4 is 16.0 Å². The number of hydrogen-bond acceptors (Lipinski definition) is 9. The van der Waals surface area contributed by atoms with Crippen LogP contribution in [0.4, 0.5) is 35.1 Å². The summed E-state index contributed by atoms with van der Waals surface area (Å²) in [7, 11) is 0. The predicted octanol–water partition coefficient (Wildman–Crippen LogP) is 5.97. The molecule has 0 bridgehead atoms. The van der Waals surface area contributed by atoms with Crippen molar-refractivity contribution in [3.63, 3.8) is 0 Å². The summed E-state index contributed by atoms with van der Waals surface area (Å²) < 4.78 is 54.4. The van der Waals surface area contributed by atoms with Crippen LogP contribution >= 0.6 is 11.6 Å². The van der Waals surface area contributed by atoms with Crippen LogP contribution in [0.5, 0.6) is 0 Å². The Bertz CT molecular complexity index is 1750. The first-order valence-electron chi connectivity index (χ1n) is 15.2. The maximum Gasteiger partial charge on any atom is 0.455 e. The second kappa shape index (κ2) is 12.6. The summed E-state index contributed by atoms with van der Waals surface area (Å²) in [4.78, 5) is 30.1. The Morgan fingerprint density at radius 1 is 1.04 bits per heavy atom. The molecule has 1 aromatic carbocycles. The van der Waals surface area contributed by atoms with Gasteiger partial charge in [0.05, 0.1) is 16.3 Å². The molecule has 1 atom stereocenters. The fourth-order valence-corrected chi connectivity index (χ4v) is 6.43. The number of Topliss-reactive ketones (excluding diaryl/α,β-unsaturated/α-hetero) is 1. The molecule has 2 aliphatic rings. The van der Waals surface area contributed by atoms with Crippen molar-refractivity contribution in [2.24, 2.45) is 0 Å². The molecular formula is C31H34ClF4N9O. The zero-order valence-electron chi connectivity index (χ0n) is 25.4. The number of aromatic nitrogens is 5. The van der Waals surface area contributed by atoms with Crippen LogP contribution in [-0.2, 0) is 0 Å². The van der Waals surface area contributed by atoms with E-state index in [1.54, 1.807) is 16.6 Å². The Labute approximate surface area is 268 Å². The number of hydrogen-bond donors (Lipinski definition) is 2. The van der Waals surface area contributed by atoms with E-state index >= 15 is 0 Å². The van der Waals surface area contributed by atoms with Crippen LogP contribution in [0.2, 0.25) is 5.02 Å². The van der Waals surface area contributed by atoms with Gasteiger partial charge < -0.3 is 20.9 Å². The zero-order chi connectivity index (χ0) is 32.7. The van der Waals surface area contributed by atoms with Gasteiger partial charge in [0.1, 0.15) is 17.5 Å². The second-order valence-corrected chi connectivity index (χ2v) is 12.5. The van der Waals surface area contributed by atoms with E-state index in [4.69, 9.17) is 32.4 Å². The van der Waals surface area contributed by atoms with Crippen molar-refractivity contribution in [2.45, 2.75) is 63.7 Å². The van der Waals surface area contributed by atoms with Crippen molar-refractivity contribution in [1.29, 1.82) is 0 Å². The van der Waals surface area contributed by atoms with Gasteiger partial charge in [0.2, 0.25) is 5.95 Å². The monoisotopic (exact) mass is 659 g/mol. The SMILES string of the molecule is CC(C)N1CCC(c2nc3cc(-c4ccc(F)cc4Cl)nc(N4CCCC(Nc5ccc(C(=O)C(F)(F)F)c(N)n5)C4)n3n2)CC1. The lowest BCUT2D eigenvalue weighted by Crippen LogP contribution is -2.43. The quantitative estimate of drug-likeness (QED) is 0.183. The molecule has 0 amide bonds. The molecule has 5 heterocycles. The third-order valence-corrected chi connectivity index (χ3v) is 8.95. The average molecular weight is 660 g/mol. The van der Waals surface area contributed by atoms with E-state index in [1.807, 2.05) is 0 Å². The summed E-state index contributed by atoms with van der Waals surface area (Å²) in [6.45, 7) is 7.41. The number of pyridine rings is 1. The lowest BCUT2D eigenvalue weighted by molar-refractivity contribution is -0.0884. The Morgan fingerprint density at radius 3 is 2.48 bits per heavy atom. The molecular weight excluding hydrogens is 626 g/mol. The second-order valence-electron chi connectivity index (χ2n) is 12.1. The zero-order valence-corrected chi connectivity index (χ0v) is 26.1. The van der Waals surface area contributed by atoms with Crippen molar-refractivity contribution in [3.05, 3.63) is 58.6 Å². The average Bonchev–Trinajstić information content (AvgIpc) is 3.44. The molecule has 3 N–H and O–H groups in total. The topological polar surface area (TPSA) is 118 Å². The van der Waals surface area contributed by atoms with Crippen molar-refractivity contribution >= 4 is 40.6 Å². The van der Waals surface area contributed by atoms with Gasteiger partial charge in [-0.05, 0) is 83.0 Å². The first kappa shape index (κ1) is 31.9. The summed E-state index contributed by atoms with van der Waals surface area (Å²) in [6.07, 6.45) is -1.67. The van der Waals surface area contributed by atoms with E-state index in [1.165, 1.54) is 18.2 Å². The van der Waals surface area contributed by atoms with Crippen LogP contribution in [0.3, 0.4) is 0 Å².